The molecule has 28 heavy (non-hydrogen) atoms. The van der Waals surface area contributed by atoms with E-state index in [4.69, 9.17) is 4.74 Å². The van der Waals surface area contributed by atoms with E-state index in [1.807, 2.05) is 42.5 Å². The summed E-state index contributed by atoms with van der Waals surface area (Å²) in [5.74, 6) is -0.116. The molecule has 0 aliphatic rings. The fourth-order valence-electron chi connectivity index (χ4n) is 3.39. The minimum Gasteiger partial charge on any atom is -0.457 e. The maximum atomic E-state index is 12.1. The molecule has 0 unspecified atom stereocenters. The van der Waals surface area contributed by atoms with Crippen LogP contribution in [0.5, 0.6) is 0 Å². The van der Waals surface area contributed by atoms with E-state index >= 15 is 0 Å². The number of carbonyl (C=O) groups is 1. The van der Waals surface area contributed by atoms with Crippen LogP contribution >= 0.6 is 0 Å². The number of likely N-dealkylation sites (N-methyl/N-ethyl adjacent to an activating group) is 1. The molecule has 0 bridgehead atoms. The van der Waals surface area contributed by atoms with Gasteiger partial charge in [0.05, 0.1) is 20.6 Å². The first-order valence-electron chi connectivity index (χ1n) is 11.2. The molecule has 0 saturated heterocycles. The quantitative estimate of drug-likeness (QED) is 0.190. The standard InChI is InChI=1S/C25H42NO2/c1-4-5-6-7-8-9-10-11-12-16-21-26(2,3)23-25(27)28-22-17-20-24-18-14-13-15-19-24/h13-15,17-20H,4-12,16,21-23H2,1-3H3/q+1/b20-17+. The Morgan fingerprint density at radius 1 is 0.893 bits per heavy atom. The molecule has 1 aromatic rings. The minimum atomic E-state index is -0.116. The highest BCUT2D eigenvalue weighted by atomic mass is 16.5. The van der Waals surface area contributed by atoms with E-state index < -0.39 is 0 Å². The fraction of sp³-hybridized carbons (Fsp3) is 0.640. The largest absolute Gasteiger partial charge is 0.457 e. The average molecular weight is 389 g/mol. The number of hydrogen-bond donors (Lipinski definition) is 0. The van der Waals surface area contributed by atoms with Crippen LogP contribution in [-0.2, 0) is 9.53 Å². The summed E-state index contributed by atoms with van der Waals surface area (Å²) in [5, 5.41) is 0. The summed E-state index contributed by atoms with van der Waals surface area (Å²) >= 11 is 0. The number of unbranched alkanes of at least 4 members (excludes halogenated alkanes) is 9. The second-order valence-electron chi connectivity index (χ2n) is 8.50. The van der Waals surface area contributed by atoms with Crippen LogP contribution in [0.1, 0.15) is 76.7 Å². The smallest absolute Gasteiger partial charge is 0.362 e. The van der Waals surface area contributed by atoms with E-state index in [1.54, 1.807) is 0 Å². The molecule has 0 atom stereocenters. The van der Waals surface area contributed by atoms with Gasteiger partial charge in [-0.25, -0.2) is 4.79 Å². The molecule has 3 heteroatoms. The number of rotatable bonds is 16. The molecule has 0 heterocycles. The minimum absolute atomic E-state index is 0.116. The third-order valence-electron chi connectivity index (χ3n) is 5.12. The molecule has 0 N–H and O–H groups in total. The molecule has 158 valence electrons. The maximum absolute atomic E-state index is 12.1. The molecular weight excluding hydrogens is 346 g/mol. The van der Waals surface area contributed by atoms with Crippen LogP contribution in [-0.4, -0.2) is 44.2 Å². The van der Waals surface area contributed by atoms with Gasteiger partial charge in [0.1, 0.15) is 6.61 Å². The van der Waals surface area contributed by atoms with Gasteiger partial charge in [0.25, 0.3) is 0 Å². The molecule has 0 fully saturated rings. The number of esters is 1. The second kappa shape index (κ2) is 15.3. The Morgan fingerprint density at radius 3 is 2.07 bits per heavy atom. The third-order valence-corrected chi connectivity index (χ3v) is 5.12. The molecule has 0 radical (unpaired) electrons. The van der Waals surface area contributed by atoms with Crippen molar-refractivity contribution in [2.45, 2.75) is 71.1 Å². The number of carbonyl (C=O) groups excluding carboxylic acids is 1. The molecule has 0 aromatic heterocycles. The molecule has 1 aromatic carbocycles. The van der Waals surface area contributed by atoms with Crippen molar-refractivity contribution >= 4 is 12.0 Å². The van der Waals surface area contributed by atoms with Gasteiger partial charge in [0, 0.05) is 0 Å². The molecule has 0 aliphatic heterocycles. The Bertz CT molecular complexity index is 537. The topological polar surface area (TPSA) is 26.3 Å². The van der Waals surface area contributed by atoms with E-state index in [2.05, 4.69) is 21.0 Å². The normalized spacial score (nSPS) is 11.8. The third kappa shape index (κ3) is 13.5. The molecule has 0 aliphatic carbocycles. The zero-order chi connectivity index (χ0) is 20.5. The van der Waals surface area contributed by atoms with Gasteiger partial charge in [-0.2, -0.15) is 0 Å². The van der Waals surface area contributed by atoms with Crippen molar-refractivity contribution in [3.8, 4) is 0 Å². The summed E-state index contributed by atoms with van der Waals surface area (Å²) in [6.45, 7) is 4.08. The van der Waals surface area contributed by atoms with Crippen LogP contribution in [0, 0.1) is 0 Å². The molecule has 0 saturated carbocycles. The van der Waals surface area contributed by atoms with Crippen molar-refractivity contribution in [3.63, 3.8) is 0 Å². The van der Waals surface area contributed by atoms with Crippen LogP contribution in [0.25, 0.3) is 6.08 Å². The molecule has 0 spiro atoms. The molecular formula is C25H42NO2+. The summed E-state index contributed by atoms with van der Waals surface area (Å²) in [7, 11) is 4.24. The van der Waals surface area contributed by atoms with Crippen LogP contribution in [0.4, 0.5) is 0 Å². The van der Waals surface area contributed by atoms with Crippen LogP contribution in [0.2, 0.25) is 0 Å². The SMILES string of the molecule is CCCCCCCCCCCC[N+](C)(C)CC(=O)OC/C=C/c1ccccc1. The van der Waals surface area contributed by atoms with E-state index in [0.29, 0.717) is 17.6 Å². The van der Waals surface area contributed by atoms with Crippen molar-refractivity contribution in [1.29, 1.82) is 0 Å². The lowest BCUT2D eigenvalue weighted by Crippen LogP contribution is -2.45. The highest BCUT2D eigenvalue weighted by Gasteiger charge is 2.20. The summed E-state index contributed by atoms with van der Waals surface area (Å²) in [6, 6.07) is 10.1. The van der Waals surface area contributed by atoms with Crippen molar-refractivity contribution in [3.05, 3.63) is 42.0 Å². The second-order valence-corrected chi connectivity index (χ2v) is 8.50. The van der Waals surface area contributed by atoms with Gasteiger partial charge in [0.2, 0.25) is 0 Å². The van der Waals surface area contributed by atoms with E-state index in [1.165, 1.54) is 64.2 Å². The van der Waals surface area contributed by atoms with Gasteiger partial charge >= 0.3 is 5.97 Å². The maximum Gasteiger partial charge on any atom is 0.362 e. The van der Waals surface area contributed by atoms with E-state index in [0.717, 1.165) is 12.1 Å². The first kappa shape index (κ1) is 24.4. The average Bonchev–Trinajstić information content (AvgIpc) is 2.67. The first-order chi connectivity index (χ1) is 13.5. The van der Waals surface area contributed by atoms with E-state index in [-0.39, 0.29) is 5.97 Å². The van der Waals surface area contributed by atoms with Gasteiger partial charge < -0.3 is 9.22 Å². The lowest BCUT2D eigenvalue weighted by molar-refractivity contribution is -0.883. The summed E-state index contributed by atoms with van der Waals surface area (Å²) in [5.41, 5.74) is 1.12. The zero-order valence-corrected chi connectivity index (χ0v) is 18.5. The first-order valence-corrected chi connectivity index (χ1v) is 11.2. The lowest BCUT2D eigenvalue weighted by Gasteiger charge is -2.28. The highest BCUT2D eigenvalue weighted by molar-refractivity contribution is 5.70. The number of ether oxygens (including phenoxy) is 1. The summed E-state index contributed by atoms with van der Waals surface area (Å²) in [4.78, 5) is 12.1. The van der Waals surface area contributed by atoms with Gasteiger partial charge in [-0.1, -0.05) is 94.7 Å². The number of benzene rings is 1. The van der Waals surface area contributed by atoms with Gasteiger partial charge in [-0.15, -0.1) is 0 Å². The van der Waals surface area contributed by atoms with Crippen LogP contribution in [0.3, 0.4) is 0 Å². The predicted octanol–water partition coefficient (Wildman–Crippen LogP) is 6.24. The fourth-order valence-corrected chi connectivity index (χ4v) is 3.39. The highest BCUT2D eigenvalue weighted by Crippen LogP contribution is 2.11. The lowest BCUT2D eigenvalue weighted by atomic mass is 10.1. The van der Waals surface area contributed by atoms with Crippen molar-refractivity contribution in [2.24, 2.45) is 0 Å². The zero-order valence-electron chi connectivity index (χ0n) is 18.5. The van der Waals surface area contributed by atoms with Crippen molar-refractivity contribution in [1.82, 2.24) is 0 Å². The predicted molar refractivity (Wildman–Crippen MR) is 120 cm³/mol. The van der Waals surface area contributed by atoms with Crippen molar-refractivity contribution < 1.29 is 14.0 Å². The Labute approximate surface area is 173 Å². The van der Waals surface area contributed by atoms with Gasteiger partial charge in [-0.05, 0) is 24.5 Å². The van der Waals surface area contributed by atoms with Crippen molar-refractivity contribution in [2.75, 3.05) is 33.8 Å². The Hall–Kier alpha value is -1.61. The number of quaternary nitrogens is 1. The number of hydrogen-bond acceptors (Lipinski definition) is 2. The van der Waals surface area contributed by atoms with Crippen LogP contribution in [0.15, 0.2) is 36.4 Å². The number of nitrogens with zero attached hydrogens (tertiary/aromatic N) is 1. The molecule has 3 nitrogen and oxygen atoms in total. The van der Waals surface area contributed by atoms with Gasteiger partial charge in [-0.3, -0.25) is 0 Å². The molecule has 1 rings (SSSR count). The molecule has 0 amide bonds. The van der Waals surface area contributed by atoms with Crippen LogP contribution < -0.4 is 0 Å². The Balaban J connectivity index is 2.04. The Kier molecular flexibility index (Phi) is 13.4. The van der Waals surface area contributed by atoms with Gasteiger partial charge in [0.15, 0.2) is 6.54 Å². The summed E-state index contributed by atoms with van der Waals surface area (Å²) in [6.07, 6.45) is 17.3. The van der Waals surface area contributed by atoms with E-state index in [9.17, 15) is 4.79 Å². The monoisotopic (exact) mass is 388 g/mol. The Morgan fingerprint density at radius 2 is 1.46 bits per heavy atom. The summed E-state index contributed by atoms with van der Waals surface area (Å²) < 4.78 is 6.06.